The summed E-state index contributed by atoms with van der Waals surface area (Å²) in [5.41, 5.74) is -4.49. The highest BCUT2D eigenvalue weighted by Crippen LogP contribution is 2.44. The highest BCUT2D eigenvalue weighted by molar-refractivity contribution is 4.95. The van der Waals surface area contributed by atoms with Crippen LogP contribution < -0.4 is 0 Å². The van der Waals surface area contributed by atoms with Crippen molar-refractivity contribution in [3.8, 4) is 0 Å². The molecule has 1 N–H and O–H groups in total. The molecule has 80 valence electrons. The molecule has 0 aromatic rings. The van der Waals surface area contributed by atoms with Gasteiger partial charge >= 0.3 is 12.4 Å². The van der Waals surface area contributed by atoms with E-state index in [1.807, 2.05) is 0 Å². The Morgan fingerprint density at radius 2 is 1.31 bits per heavy atom. The monoisotopic (exact) mass is 212 g/mol. The van der Waals surface area contributed by atoms with Crippen LogP contribution in [0.15, 0.2) is 0 Å². The topological polar surface area (TPSA) is 29.5 Å². The zero-order valence-electron chi connectivity index (χ0n) is 6.33. The molecule has 0 saturated heterocycles. The molecule has 0 amide bonds. The molecule has 0 atom stereocenters. The number of hydrogen-bond donors (Lipinski definition) is 1. The maximum atomic E-state index is 11.9. The molecule has 0 rings (SSSR count). The zero-order chi connectivity index (χ0) is 10.9. The van der Waals surface area contributed by atoms with Gasteiger partial charge in [0.25, 0.3) is 5.60 Å². The summed E-state index contributed by atoms with van der Waals surface area (Å²) in [6.07, 6.45) is -11.4. The molecule has 0 radical (unpaired) electrons. The van der Waals surface area contributed by atoms with Crippen LogP contribution in [0.5, 0.6) is 0 Å². The Labute approximate surface area is 69.1 Å². The Morgan fingerprint density at radius 3 is 1.31 bits per heavy atom. The van der Waals surface area contributed by atoms with Gasteiger partial charge in [0.2, 0.25) is 0 Å². The lowest BCUT2D eigenvalue weighted by atomic mass is 10.0. The lowest BCUT2D eigenvalue weighted by molar-refractivity contribution is -0.382. The second-order valence-corrected chi connectivity index (χ2v) is 2.18. The minimum absolute atomic E-state index is 0.233. The van der Waals surface area contributed by atoms with Crippen molar-refractivity contribution in [3.63, 3.8) is 0 Å². The van der Waals surface area contributed by atoms with Crippen LogP contribution in [0.25, 0.3) is 0 Å². The second-order valence-electron chi connectivity index (χ2n) is 2.18. The number of hydrogen-bond acceptors (Lipinski definition) is 2. The second kappa shape index (κ2) is 3.33. The average Bonchev–Trinajstić information content (AvgIpc) is 1.84. The van der Waals surface area contributed by atoms with Crippen LogP contribution in [0.4, 0.5) is 26.3 Å². The third-order valence-electron chi connectivity index (χ3n) is 1.49. The van der Waals surface area contributed by atoms with Crippen molar-refractivity contribution in [1.29, 1.82) is 0 Å². The Balaban J connectivity index is 5.17. The number of aliphatic hydroxyl groups is 1. The highest BCUT2D eigenvalue weighted by Gasteiger charge is 2.71. The van der Waals surface area contributed by atoms with Gasteiger partial charge in [0.05, 0.1) is 6.61 Å². The normalized spacial score (nSPS) is 14.8. The Kier molecular flexibility index (Phi) is 3.21. The molecule has 0 fully saturated rings. The molecule has 0 aliphatic heterocycles. The summed E-state index contributed by atoms with van der Waals surface area (Å²) in [5.74, 6) is 0. The first-order valence-electron chi connectivity index (χ1n) is 2.92. The zero-order valence-corrected chi connectivity index (χ0v) is 6.33. The fourth-order valence-corrected chi connectivity index (χ4v) is 0.636. The van der Waals surface area contributed by atoms with E-state index in [-0.39, 0.29) is 7.11 Å². The third kappa shape index (κ3) is 1.88. The number of halogens is 6. The van der Waals surface area contributed by atoms with Crippen LogP contribution in [-0.2, 0) is 4.74 Å². The van der Waals surface area contributed by atoms with Gasteiger partial charge in [0.15, 0.2) is 0 Å². The summed E-state index contributed by atoms with van der Waals surface area (Å²) < 4.78 is 74.5. The fourth-order valence-electron chi connectivity index (χ4n) is 0.636. The van der Waals surface area contributed by atoms with Crippen LogP contribution in [0.3, 0.4) is 0 Å². The summed E-state index contributed by atoms with van der Waals surface area (Å²) >= 11 is 0. The minimum Gasteiger partial charge on any atom is -0.393 e. The number of aliphatic hydroxyl groups excluding tert-OH is 1. The van der Waals surface area contributed by atoms with Crippen molar-refractivity contribution in [2.24, 2.45) is 0 Å². The molecule has 8 heteroatoms. The number of alkyl halides is 6. The molecule has 0 aromatic carbocycles. The molecule has 0 heterocycles. The molecule has 0 aliphatic carbocycles. The van der Waals surface area contributed by atoms with Gasteiger partial charge in [0.1, 0.15) is 0 Å². The van der Waals surface area contributed by atoms with E-state index in [1.54, 1.807) is 0 Å². The van der Waals surface area contributed by atoms with Crippen molar-refractivity contribution < 1.29 is 36.2 Å². The van der Waals surface area contributed by atoms with Gasteiger partial charge < -0.3 is 9.84 Å². The first-order chi connectivity index (χ1) is 5.62. The van der Waals surface area contributed by atoms with E-state index < -0.39 is 24.6 Å². The maximum Gasteiger partial charge on any atom is 0.428 e. The SMILES string of the molecule is COC(CO)(C(F)(F)F)C(F)(F)F. The average molecular weight is 212 g/mol. The van der Waals surface area contributed by atoms with E-state index in [0.717, 1.165) is 0 Å². The molecule has 2 nitrogen and oxygen atoms in total. The van der Waals surface area contributed by atoms with Crippen LogP contribution in [0, 0.1) is 0 Å². The lowest BCUT2D eigenvalue weighted by Crippen LogP contribution is -2.60. The molecule has 13 heavy (non-hydrogen) atoms. The summed E-state index contributed by atoms with van der Waals surface area (Å²) in [6, 6.07) is 0. The Morgan fingerprint density at radius 1 is 1.00 bits per heavy atom. The number of ether oxygens (including phenoxy) is 1. The van der Waals surface area contributed by atoms with Crippen molar-refractivity contribution >= 4 is 0 Å². The molecule has 0 unspecified atom stereocenters. The van der Waals surface area contributed by atoms with E-state index in [4.69, 9.17) is 5.11 Å². The third-order valence-corrected chi connectivity index (χ3v) is 1.49. The summed E-state index contributed by atoms with van der Waals surface area (Å²) in [7, 11) is 0.233. The number of rotatable bonds is 2. The first-order valence-corrected chi connectivity index (χ1v) is 2.92. The van der Waals surface area contributed by atoms with E-state index in [9.17, 15) is 26.3 Å². The first kappa shape index (κ1) is 12.5. The van der Waals surface area contributed by atoms with Crippen molar-refractivity contribution in [3.05, 3.63) is 0 Å². The van der Waals surface area contributed by atoms with E-state index >= 15 is 0 Å². The van der Waals surface area contributed by atoms with Gasteiger partial charge in [-0.1, -0.05) is 0 Å². The maximum absolute atomic E-state index is 11.9. The molecule has 0 aromatic heterocycles. The van der Waals surface area contributed by atoms with Crippen molar-refractivity contribution in [2.75, 3.05) is 13.7 Å². The van der Waals surface area contributed by atoms with E-state index in [2.05, 4.69) is 4.74 Å². The Bertz CT molecular complexity index is 151. The summed E-state index contributed by atoms with van der Waals surface area (Å²) in [6.45, 7) is -2.20. The van der Waals surface area contributed by atoms with Crippen molar-refractivity contribution in [1.82, 2.24) is 0 Å². The van der Waals surface area contributed by atoms with Gasteiger partial charge in [0, 0.05) is 7.11 Å². The number of methoxy groups -OCH3 is 1. The molecule has 0 aliphatic rings. The fraction of sp³-hybridized carbons (Fsp3) is 1.00. The van der Waals surface area contributed by atoms with Gasteiger partial charge in [-0.2, -0.15) is 26.3 Å². The van der Waals surface area contributed by atoms with Gasteiger partial charge in [-0.05, 0) is 0 Å². The van der Waals surface area contributed by atoms with E-state index in [0.29, 0.717) is 0 Å². The molecule has 0 bridgehead atoms. The van der Waals surface area contributed by atoms with Gasteiger partial charge in [-0.15, -0.1) is 0 Å². The van der Waals surface area contributed by atoms with Crippen LogP contribution >= 0.6 is 0 Å². The molecular weight excluding hydrogens is 206 g/mol. The van der Waals surface area contributed by atoms with E-state index in [1.165, 1.54) is 0 Å². The van der Waals surface area contributed by atoms with Crippen molar-refractivity contribution in [2.45, 2.75) is 18.0 Å². The quantitative estimate of drug-likeness (QED) is 0.702. The smallest absolute Gasteiger partial charge is 0.393 e. The molecule has 0 saturated carbocycles. The lowest BCUT2D eigenvalue weighted by Gasteiger charge is -2.33. The largest absolute Gasteiger partial charge is 0.428 e. The molecular formula is C5H6F6O2. The highest BCUT2D eigenvalue weighted by atomic mass is 19.4. The van der Waals surface area contributed by atoms with Gasteiger partial charge in [-0.25, -0.2) is 0 Å². The molecule has 0 spiro atoms. The summed E-state index contributed by atoms with van der Waals surface area (Å²) in [4.78, 5) is 0. The Hall–Kier alpha value is -0.500. The predicted molar refractivity (Wildman–Crippen MR) is 28.9 cm³/mol. The van der Waals surface area contributed by atoms with Gasteiger partial charge in [-0.3, -0.25) is 0 Å². The van der Waals surface area contributed by atoms with Crippen LogP contribution in [0.2, 0.25) is 0 Å². The van der Waals surface area contributed by atoms with Crippen LogP contribution in [0.1, 0.15) is 0 Å². The predicted octanol–water partition coefficient (Wildman–Crippen LogP) is 1.49. The van der Waals surface area contributed by atoms with Crippen LogP contribution in [-0.4, -0.2) is 36.8 Å². The minimum atomic E-state index is -5.70. The summed E-state index contributed by atoms with van der Waals surface area (Å²) in [5, 5.41) is 8.08. The standard InChI is InChI=1S/C5H6F6O2/c1-13-3(2-12,4(6,7)8)5(9,10)11/h12H,2H2,1H3.